The molecular weight excluding hydrogens is 539 g/mol. The van der Waals surface area contributed by atoms with Gasteiger partial charge >= 0.3 is 0 Å². The van der Waals surface area contributed by atoms with Crippen LogP contribution in [-0.4, -0.2) is 32.3 Å². The Morgan fingerprint density at radius 2 is 1.84 bits per heavy atom. The van der Waals surface area contributed by atoms with Gasteiger partial charge in [-0.2, -0.15) is 0 Å². The second-order valence-electron chi connectivity index (χ2n) is 10.3. The highest BCUT2D eigenvalue weighted by Gasteiger charge is 2.17. The van der Waals surface area contributed by atoms with Gasteiger partial charge in [0.2, 0.25) is 0 Å². The minimum Gasteiger partial charge on any atom is -0.497 e. The second-order valence-corrected chi connectivity index (χ2v) is 17.3. The molecule has 1 heterocycles. The molecule has 0 bridgehead atoms. The van der Waals surface area contributed by atoms with Crippen molar-refractivity contribution in [3.63, 3.8) is 0 Å². The fraction of sp³-hybridized carbons (Fsp3) is 0.276. The molecule has 0 fully saturated rings. The first kappa shape index (κ1) is 28.2. The smallest absolute Gasteiger partial charge is 0.256 e. The number of aromatic nitrogens is 1. The first-order valence-corrected chi connectivity index (χ1v) is 17.4. The predicted octanol–water partition coefficient (Wildman–Crippen LogP) is 8.30. The van der Waals surface area contributed by atoms with Crippen LogP contribution in [0, 0.1) is 5.82 Å². The molecule has 0 aliphatic heterocycles. The maximum atomic E-state index is 13.6. The van der Waals surface area contributed by atoms with E-state index < -0.39 is 13.9 Å². The molecule has 4 rings (SSSR count). The quantitative estimate of drug-likeness (QED) is 0.112. The maximum Gasteiger partial charge on any atom is 0.256 e. The third-order valence-corrected chi connectivity index (χ3v) is 9.12. The van der Waals surface area contributed by atoms with E-state index in [1.165, 1.54) is 18.2 Å². The number of benzene rings is 3. The van der Waals surface area contributed by atoms with E-state index in [9.17, 15) is 9.18 Å². The van der Waals surface area contributed by atoms with Crippen molar-refractivity contribution in [2.75, 3.05) is 19.0 Å². The fourth-order valence-corrected chi connectivity index (χ4v) is 5.71. The number of fused-ring (bicyclic) bond motifs is 1. The summed E-state index contributed by atoms with van der Waals surface area (Å²) in [5.41, 5.74) is 3.02. The number of hydrogen-bond donors (Lipinski definition) is 1. The maximum absolute atomic E-state index is 13.6. The van der Waals surface area contributed by atoms with E-state index in [4.69, 9.17) is 21.1 Å². The van der Waals surface area contributed by atoms with Gasteiger partial charge in [-0.05, 0) is 60.1 Å². The minimum absolute atomic E-state index is 0.0432. The third-order valence-electron chi connectivity index (χ3n) is 6.08. The molecule has 1 N–H and O–H groups in total. The summed E-state index contributed by atoms with van der Waals surface area (Å²) in [4.78, 5) is 14.4. The molecule has 0 atom stereocenters. The highest BCUT2D eigenvalue weighted by molar-refractivity contribution is 7.98. The van der Waals surface area contributed by atoms with Crippen molar-refractivity contribution in [1.29, 1.82) is 0 Å². The summed E-state index contributed by atoms with van der Waals surface area (Å²) < 4.78 is 26.9. The Labute approximate surface area is 233 Å². The van der Waals surface area contributed by atoms with E-state index in [0.717, 1.165) is 38.9 Å². The number of thioether (sulfide) groups is 1. The molecule has 3 aromatic carbocycles. The number of hydrogen-bond acceptors (Lipinski definition) is 4. The van der Waals surface area contributed by atoms with Crippen LogP contribution < -0.4 is 10.1 Å². The molecule has 1 amide bonds. The molecular formula is C29H32ClFN2O3SSi. The zero-order chi connectivity index (χ0) is 27.3. The molecule has 0 unspecified atom stereocenters. The molecule has 0 aliphatic rings. The van der Waals surface area contributed by atoms with E-state index >= 15 is 0 Å². The minimum atomic E-state index is -1.19. The highest BCUT2D eigenvalue weighted by atomic mass is 35.5. The van der Waals surface area contributed by atoms with Crippen molar-refractivity contribution in [3.8, 4) is 5.75 Å². The molecule has 0 aliphatic carbocycles. The number of nitrogens with one attached hydrogen (secondary N) is 1. The Morgan fingerprint density at radius 3 is 2.53 bits per heavy atom. The molecule has 0 saturated carbocycles. The summed E-state index contributed by atoms with van der Waals surface area (Å²) in [6.07, 6.45) is 1.95. The standard InChI is InChI=1S/C29H32ClFN2O3SSi/c1-35-22-8-5-20(6-9-22)18-37-23-16-25(29(34)32-21-7-10-27(31)26(30)15-21)24-11-12-33(28(24)17-23)19-36-13-14-38(2,3)4/h5-12,15-17H,13-14,18-19H2,1-4H3,(H,32,34). The van der Waals surface area contributed by atoms with Crippen LogP contribution in [0.1, 0.15) is 15.9 Å². The fourth-order valence-electron chi connectivity index (χ4n) is 3.86. The van der Waals surface area contributed by atoms with E-state index in [1.807, 2.05) is 47.2 Å². The summed E-state index contributed by atoms with van der Waals surface area (Å²) >= 11 is 7.57. The van der Waals surface area contributed by atoms with Gasteiger partial charge in [-0.25, -0.2) is 4.39 Å². The van der Waals surface area contributed by atoms with Crippen molar-refractivity contribution in [2.24, 2.45) is 0 Å². The monoisotopic (exact) mass is 570 g/mol. The van der Waals surface area contributed by atoms with Gasteiger partial charge in [0, 0.05) is 42.6 Å². The molecule has 5 nitrogen and oxygen atoms in total. The zero-order valence-electron chi connectivity index (χ0n) is 22.0. The Bertz CT molecular complexity index is 1420. The van der Waals surface area contributed by atoms with Crippen LogP contribution in [0.2, 0.25) is 30.7 Å². The van der Waals surface area contributed by atoms with Gasteiger partial charge in [-0.3, -0.25) is 4.79 Å². The number of nitrogens with zero attached hydrogens (tertiary/aromatic N) is 1. The van der Waals surface area contributed by atoms with Crippen LogP contribution in [0.25, 0.3) is 10.9 Å². The van der Waals surface area contributed by atoms with Crippen molar-refractivity contribution in [2.45, 2.75) is 43.1 Å². The van der Waals surface area contributed by atoms with E-state index in [-0.39, 0.29) is 10.9 Å². The first-order chi connectivity index (χ1) is 18.1. The molecule has 4 aromatic rings. The molecule has 200 valence electrons. The highest BCUT2D eigenvalue weighted by Crippen LogP contribution is 2.31. The molecule has 0 spiro atoms. The summed E-state index contributed by atoms with van der Waals surface area (Å²) in [5, 5.41) is 3.64. The topological polar surface area (TPSA) is 52.5 Å². The second kappa shape index (κ2) is 12.4. The molecule has 1 aromatic heterocycles. The Morgan fingerprint density at radius 1 is 1.08 bits per heavy atom. The Balaban J connectivity index is 1.60. The lowest BCUT2D eigenvalue weighted by Gasteiger charge is -2.16. The van der Waals surface area contributed by atoms with Crippen molar-refractivity contribution in [3.05, 3.63) is 88.8 Å². The molecule has 0 radical (unpaired) electrons. The largest absolute Gasteiger partial charge is 0.497 e. The average Bonchev–Trinajstić information content (AvgIpc) is 3.29. The lowest BCUT2D eigenvalue weighted by atomic mass is 10.1. The zero-order valence-corrected chi connectivity index (χ0v) is 24.6. The van der Waals surface area contributed by atoms with Crippen LogP contribution >= 0.6 is 23.4 Å². The molecule has 38 heavy (non-hydrogen) atoms. The predicted molar refractivity (Wildman–Crippen MR) is 158 cm³/mol. The number of carbonyl (C=O) groups is 1. The Hall–Kier alpha value is -2.78. The van der Waals surface area contributed by atoms with Gasteiger partial charge in [-0.1, -0.05) is 43.4 Å². The van der Waals surface area contributed by atoms with Gasteiger partial charge in [0.1, 0.15) is 18.3 Å². The van der Waals surface area contributed by atoms with E-state index in [1.54, 1.807) is 18.9 Å². The number of methoxy groups -OCH3 is 1. The average molecular weight is 571 g/mol. The number of anilines is 1. The number of halogens is 2. The number of amides is 1. The number of carbonyl (C=O) groups excluding carboxylic acids is 1. The van der Waals surface area contributed by atoms with Gasteiger partial charge in [-0.15, -0.1) is 11.8 Å². The first-order valence-electron chi connectivity index (χ1n) is 12.4. The Kier molecular flexibility index (Phi) is 9.20. The summed E-state index contributed by atoms with van der Waals surface area (Å²) in [6.45, 7) is 8.10. The number of rotatable bonds is 11. The van der Waals surface area contributed by atoms with Crippen LogP contribution in [0.5, 0.6) is 5.75 Å². The van der Waals surface area contributed by atoms with Crippen LogP contribution in [0.4, 0.5) is 10.1 Å². The third kappa shape index (κ3) is 7.41. The summed E-state index contributed by atoms with van der Waals surface area (Å²) in [6, 6.07) is 19.1. The number of ether oxygens (including phenoxy) is 2. The van der Waals surface area contributed by atoms with E-state index in [2.05, 4.69) is 31.0 Å². The molecule has 9 heteroatoms. The lowest BCUT2D eigenvalue weighted by Crippen LogP contribution is -2.22. The lowest BCUT2D eigenvalue weighted by molar-refractivity contribution is 0.0902. The van der Waals surface area contributed by atoms with Gasteiger partial charge < -0.3 is 19.4 Å². The van der Waals surface area contributed by atoms with Gasteiger partial charge in [0.05, 0.1) is 23.2 Å². The van der Waals surface area contributed by atoms with Crippen LogP contribution in [-0.2, 0) is 17.2 Å². The van der Waals surface area contributed by atoms with Crippen molar-refractivity contribution in [1.82, 2.24) is 4.57 Å². The van der Waals surface area contributed by atoms with Crippen molar-refractivity contribution >= 4 is 53.9 Å². The van der Waals surface area contributed by atoms with Gasteiger partial charge in [0.25, 0.3) is 5.91 Å². The van der Waals surface area contributed by atoms with Crippen LogP contribution in [0.15, 0.2) is 71.8 Å². The van der Waals surface area contributed by atoms with Crippen molar-refractivity contribution < 1.29 is 18.7 Å². The SMILES string of the molecule is COc1ccc(CSc2cc(C(=O)Nc3ccc(F)c(Cl)c3)c3ccn(COCC[Si](C)(C)C)c3c2)cc1. The van der Waals surface area contributed by atoms with E-state index in [0.29, 0.717) is 24.6 Å². The van der Waals surface area contributed by atoms with Gasteiger partial charge in [0.15, 0.2) is 0 Å². The molecule has 0 saturated heterocycles. The van der Waals surface area contributed by atoms with Crippen LogP contribution in [0.3, 0.4) is 0 Å². The summed E-state index contributed by atoms with van der Waals surface area (Å²) in [5.74, 6) is 0.724. The normalized spacial score (nSPS) is 11.6. The summed E-state index contributed by atoms with van der Waals surface area (Å²) in [7, 11) is 0.457.